The zero-order chi connectivity index (χ0) is 16.3. The third kappa shape index (κ3) is 3.81. The third-order valence-electron chi connectivity index (χ3n) is 3.18. The molecule has 0 amide bonds. The summed E-state index contributed by atoms with van der Waals surface area (Å²) in [6.45, 7) is 0. The second-order valence-electron chi connectivity index (χ2n) is 5.01. The van der Waals surface area contributed by atoms with Crippen LogP contribution < -0.4 is 0 Å². The predicted molar refractivity (Wildman–Crippen MR) is 80.8 cm³/mol. The van der Waals surface area contributed by atoms with Gasteiger partial charge >= 0.3 is 5.22 Å². The Morgan fingerprint density at radius 3 is 2.30 bits per heavy atom. The van der Waals surface area contributed by atoms with E-state index in [9.17, 15) is 12.8 Å². The van der Waals surface area contributed by atoms with E-state index in [1.54, 1.807) is 36.4 Å². The smallest absolute Gasteiger partial charge is 0.335 e. The Kier molecular flexibility index (Phi) is 4.20. The zero-order valence-corrected chi connectivity index (χ0v) is 12.8. The Labute approximate surface area is 132 Å². The van der Waals surface area contributed by atoms with Crippen molar-refractivity contribution in [2.24, 2.45) is 0 Å². The van der Waals surface area contributed by atoms with Crippen LogP contribution in [0.1, 0.15) is 17.0 Å². The standard InChI is InChI=1S/C16H13FN2O3S/c17-14-8-6-12(7-9-14)10-15-18-19-16(22-15)23(20,21)11-13-4-2-1-3-5-13/h1-9H,10-11H2. The first-order chi connectivity index (χ1) is 11.0. The second kappa shape index (κ2) is 6.29. The molecule has 0 aliphatic carbocycles. The average Bonchev–Trinajstić information content (AvgIpc) is 3.00. The first-order valence-electron chi connectivity index (χ1n) is 6.86. The lowest BCUT2D eigenvalue weighted by Gasteiger charge is -1.99. The van der Waals surface area contributed by atoms with Crippen molar-refractivity contribution in [3.63, 3.8) is 0 Å². The minimum Gasteiger partial charge on any atom is -0.412 e. The van der Waals surface area contributed by atoms with Gasteiger partial charge in [-0.2, -0.15) is 0 Å². The van der Waals surface area contributed by atoms with Crippen LogP contribution in [0, 0.1) is 5.82 Å². The maximum atomic E-state index is 12.9. The summed E-state index contributed by atoms with van der Waals surface area (Å²) in [7, 11) is -3.69. The molecule has 0 saturated carbocycles. The molecule has 0 unspecified atom stereocenters. The van der Waals surface area contributed by atoms with E-state index in [0.29, 0.717) is 5.56 Å². The van der Waals surface area contributed by atoms with E-state index in [1.807, 2.05) is 6.07 Å². The van der Waals surface area contributed by atoms with Gasteiger partial charge in [-0.15, -0.1) is 5.10 Å². The number of benzene rings is 2. The monoisotopic (exact) mass is 332 g/mol. The van der Waals surface area contributed by atoms with Crippen molar-refractivity contribution < 1.29 is 17.2 Å². The number of hydrogen-bond acceptors (Lipinski definition) is 5. The van der Waals surface area contributed by atoms with Gasteiger partial charge in [0.15, 0.2) is 0 Å². The number of aromatic nitrogens is 2. The van der Waals surface area contributed by atoms with Gasteiger partial charge in [0.2, 0.25) is 15.7 Å². The molecule has 1 heterocycles. The Morgan fingerprint density at radius 2 is 1.61 bits per heavy atom. The highest BCUT2D eigenvalue weighted by molar-refractivity contribution is 7.90. The number of rotatable bonds is 5. The Balaban J connectivity index is 1.76. The quantitative estimate of drug-likeness (QED) is 0.718. The molecule has 0 aliphatic heterocycles. The van der Waals surface area contributed by atoms with Crippen molar-refractivity contribution in [1.29, 1.82) is 0 Å². The Morgan fingerprint density at radius 1 is 0.913 bits per heavy atom. The molecule has 2 aromatic carbocycles. The number of hydrogen-bond donors (Lipinski definition) is 0. The molecule has 0 spiro atoms. The van der Waals surface area contributed by atoms with Crippen LogP contribution in [0.3, 0.4) is 0 Å². The van der Waals surface area contributed by atoms with Gasteiger partial charge in [-0.1, -0.05) is 47.6 Å². The highest BCUT2D eigenvalue weighted by Gasteiger charge is 2.23. The molecule has 23 heavy (non-hydrogen) atoms. The van der Waals surface area contributed by atoms with Crippen LogP contribution >= 0.6 is 0 Å². The van der Waals surface area contributed by atoms with Gasteiger partial charge in [-0.25, -0.2) is 12.8 Å². The van der Waals surface area contributed by atoms with Crippen LogP contribution in [0.25, 0.3) is 0 Å². The summed E-state index contributed by atoms with van der Waals surface area (Å²) in [6.07, 6.45) is 0.244. The normalized spacial score (nSPS) is 11.5. The predicted octanol–water partition coefficient (Wildman–Crippen LogP) is 2.77. The molecule has 0 bridgehead atoms. The lowest BCUT2D eigenvalue weighted by atomic mass is 10.1. The van der Waals surface area contributed by atoms with Gasteiger partial charge in [0.1, 0.15) is 5.82 Å². The summed E-state index contributed by atoms with van der Waals surface area (Å²) in [4.78, 5) is 0. The van der Waals surface area contributed by atoms with Gasteiger partial charge in [-0.3, -0.25) is 0 Å². The molecule has 0 saturated heterocycles. The van der Waals surface area contributed by atoms with Crippen LogP contribution in [0.15, 0.2) is 64.2 Å². The van der Waals surface area contributed by atoms with E-state index < -0.39 is 15.1 Å². The first-order valence-corrected chi connectivity index (χ1v) is 8.52. The lowest BCUT2D eigenvalue weighted by molar-refractivity contribution is 0.402. The largest absolute Gasteiger partial charge is 0.412 e. The van der Waals surface area contributed by atoms with Crippen molar-refractivity contribution in [1.82, 2.24) is 10.2 Å². The van der Waals surface area contributed by atoms with E-state index in [1.165, 1.54) is 12.1 Å². The number of halogens is 1. The maximum Gasteiger partial charge on any atom is 0.335 e. The van der Waals surface area contributed by atoms with Crippen LogP contribution in [-0.4, -0.2) is 18.6 Å². The first kappa shape index (κ1) is 15.4. The molecule has 0 aliphatic rings. The summed E-state index contributed by atoms with van der Waals surface area (Å²) >= 11 is 0. The van der Waals surface area contributed by atoms with Gasteiger partial charge in [0.05, 0.1) is 12.2 Å². The molecule has 0 fully saturated rings. The fourth-order valence-corrected chi connectivity index (χ4v) is 3.21. The van der Waals surface area contributed by atoms with Gasteiger partial charge in [0, 0.05) is 0 Å². The fourth-order valence-electron chi connectivity index (χ4n) is 2.07. The molecule has 0 atom stereocenters. The summed E-state index contributed by atoms with van der Waals surface area (Å²) in [5.41, 5.74) is 1.40. The second-order valence-corrected chi connectivity index (χ2v) is 6.88. The molecular weight excluding hydrogens is 319 g/mol. The number of nitrogens with zero attached hydrogens (tertiary/aromatic N) is 2. The molecule has 5 nitrogen and oxygen atoms in total. The highest BCUT2D eigenvalue weighted by atomic mass is 32.2. The van der Waals surface area contributed by atoms with E-state index in [4.69, 9.17) is 4.42 Å². The molecule has 3 aromatic rings. The van der Waals surface area contributed by atoms with Crippen molar-refractivity contribution in [3.8, 4) is 0 Å². The zero-order valence-electron chi connectivity index (χ0n) is 12.0. The van der Waals surface area contributed by atoms with Crippen molar-refractivity contribution >= 4 is 9.84 Å². The van der Waals surface area contributed by atoms with Gasteiger partial charge in [-0.05, 0) is 23.3 Å². The molecule has 0 radical (unpaired) electrons. The summed E-state index contributed by atoms with van der Waals surface area (Å²) in [5, 5.41) is 6.97. The molecule has 1 aromatic heterocycles. The van der Waals surface area contributed by atoms with Crippen LogP contribution in [0.4, 0.5) is 4.39 Å². The fraction of sp³-hybridized carbons (Fsp3) is 0.125. The van der Waals surface area contributed by atoms with E-state index >= 15 is 0 Å². The summed E-state index contributed by atoms with van der Waals surface area (Å²) in [6, 6.07) is 14.6. The molecule has 0 N–H and O–H groups in total. The van der Waals surface area contributed by atoms with Crippen LogP contribution in [0.5, 0.6) is 0 Å². The van der Waals surface area contributed by atoms with Crippen molar-refractivity contribution in [3.05, 3.63) is 77.4 Å². The summed E-state index contributed by atoms with van der Waals surface area (Å²) in [5.74, 6) is -0.375. The van der Waals surface area contributed by atoms with E-state index in [0.717, 1.165) is 5.56 Å². The van der Waals surface area contributed by atoms with E-state index in [-0.39, 0.29) is 23.9 Å². The van der Waals surface area contributed by atoms with E-state index in [2.05, 4.69) is 10.2 Å². The van der Waals surface area contributed by atoms with Crippen molar-refractivity contribution in [2.45, 2.75) is 17.4 Å². The minimum atomic E-state index is -3.69. The van der Waals surface area contributed by atoms with Crippen LogP contribution in [-0.2, 0) is 22.0 Å². The topological polar surface area (TPSA) is 73.1 Å². The number of sulfone groups is 1. The highest BCUT2D eigenvalue weighted by Crippen LogP contribution is 2.17. The van der Waals surface area contributed by atoms with Crippen molar-refractivity contribution in [2.75, 3.05) is 0 Å². The SMILES string of the molecule is O=S(=O)(Cc1ccccc1)c1nnc(Cc2ccc(F)cc2)o1. The maximum absolute atomic E-state index is 12.9. The van der Waals surface area contributed by atoms with Gasteiger partial charge < -0.3 is 4.42 Å². The lowest BCUT2D eigenvalue weighted by Crippen LogP contribution is -2.05. The molecular formula is C16H13FN2O3S. The molecule has 7 heteroatoms. The Hall–Kier alpha value is -2.54. The van der Waals surface area contributed by atoms with Gasteiger partial charge in [0.25, 0.3) is 0 Å². The third-order valence-corrected chi connectivity index (χ3v) is 4.59. The minimum absolute atomic E-state index is 0.170. The summed E-state index contributed by atoms with van der Waals surface area (Å²) < 4.78 is 42.6. The molecule has 3 rings (SSSR count). The average molecular weight is 332 g/mol. The Bertz CT molecular complexity index is 891. The van der Waals surface area contributed by atoms with Crippen LogP contribution in [0.2, 0.25) is 0 Å². The molecule has 118 valence electrons.